The number of halogens is 1. The molecule has 0 saturated carbocycles. The van der Waals surface area contributed by atoms with Gasteiger partial charge in [-0.05, 0) is 30.2 Å². The average Bonchev–Trinajstić information content (AvgIpc) is 2.91. The molecule has 0 bridgehead atoms. The fraction of sp³-hybridized carbons (Fsp3) is 0.250. The molecule has 1 aliphatic heterocycles. The van der Waals surface area contributed by atoms with Crippen molar-refractivity contribution >= 4 is 17.8 Å². The van der Waals surface area contributed by atoms with Crippen molar-refractivity contribution < 1.29 is 18.8 Å². The summed E-state index contributed by atoms with van der Waals surface area (Å²) < 4.78 is 13.1. The maximum Gasteiger partial charge on any atom is 0.325 e. The number of carbonyl (C=O) groups is 3. The second-order valence-corrected chi connectivity index (χ2v) is 6.77. The number of carbonyl (C=O) groups excluding carboxylic acids is 3. The van der Waals surface area contributed by atoms with Crippen LogP contribution in [0.2, 0.25) is 0 Å². The Morgan fingerprint density at radius 3 is 2.46 bits per heavy atom. The van der Waals surface area contributed by atoms with E-state index in [2.05, 4.69) is 10.6 Å². The molecule has 4 N–H and O–H groups in total. The topological polar surface area (TPSA) is 105 Å². The number of benzene rings is 2. The molecule has 2 atom stereocenters. The zero-order valence-electron chi connectivity index (χ0n) is 15.3. The molecule has 0 radical (unpaired) electrons. The predicted octanol–water partition coefficient (Wildman–Crippen LogP) is 1.41. The lowest BCUT2D eigenvalue weighted by Crippen LogP contribution is -2.44. The highest BCUT2D eigenvalue weighted by Crippen LogP contribution is 2.28. The summed E-state index contributed by atoms with van der Waals surface area (Å²) in [5.74, 6) is -1.53. The van der Waals surface area contributed by atoms with E-state index in [1.54, 1.807) is 0 Å². The first kappa shape index (κ1) is 19.5. The number of rotatable bonds is 6. The van der Waals surface area contributed by atoms with E-state index in [4.69, 9.17) is 5.73 Å². The van der Waals surface area contributed by atoms with Crippen LogP contribution in [0, 0.1) is 5.82 Å². The van der Waals surface area contributed by atoms with Crippen molar-refractivity contribution in [1.82, 2.24) is 15.5 Å². The Bertz CT molecular complexity index is 888. The summed E-state index contributed by atoms with van der Waals surface area (Å²) in [5.41, 5.74) is 5.97. The maximum atomic E-state index is 13.1. The van der Waals surface area contributed by atoms with E-state index in [0.29, 0.717) is 5.56 Å². The normalized spacial score (nSPS) is 20.0. The van der Waals surface area contributed by atoms with E-state index in [-0.39, 0.29) is 6.54 Å². The van der Waals surface area contributed by atoms with Crippen molar-refractivity contribution in [3.8, 4) is 0 Å². The van der Waals surface area contributed by atoms with Crippen LogP contribution in [0.1, 0.15) is 24.1 Å². The summed E-state index contributed by atoms with van der Waals surface area (Å²) in [5, 5.41) is 5.21. The molecule has 0 aliphatic carbocycles. The molecule has 2 aromatic carbocycles. The summed E-state index contributed by atoms with van der Waals surface area (Å²) in [6.07, 6.45) is 0. The van der Waals surface area contributed by atoms with Crippen molar-refractivity contribution in [2.24, 2.45) is 5.73 Å². The van der Waals surface area contributed by atoms with Crippen LogP contribution in [-0.2, 0) is 15.1 Å². The van der Waals surface area contributed by atoms with Gasteiger partial charge in [0.1, 0.15) is 17.9 Å². The second kappa shape index (κ2) is 7.77. The Morgan fingerprint density at radius 1 is 1.18 bits per heavy atom. The molecule has 0 aromatic heterocycles. The number of nitrogens with zero attached hydrogens (tertiary/aromatic N) is 1. The van der Waals surface area contributed by atoms with Gasteiger partial charge in [-0.2, -0.15) is 0 Å². The first-order valence-electron chi connectivity index (χ1n) is 8.78. The molecule has 1 heterocycles. The van der Waals surface area contributed by atoms with Crippen LogP contribution in [0.25, 0.3) is 0 Å². The van der Waals surface area contributed by atoms with Gasteiger partial charge < -0.3 is 16.4 Å². The van der Waals surface area contributed by atoms with Crippen LogP contribution in [0.4, 0.5) is 9.18 Å². The lowest BCUT2D eigenvalue weighted by molar-refractivity contribution is -0.134. The lowest BCUT2D eigenvalue weighted by atomic mass is 9.92. The Labute approximate surface area is 161 Å². The molecule has 3 rings (SSSR count). The van der Waals surface area contributed by atoms with Crippen molar-refractivity contribution in [3.63, 3.8) is 0 Å². The zero-order chi connectivity index (χ0) is 20.3. The van der Waals surface area contributed by atoms with Crippen molar-refractivity contribution in [1.29, 1.82) is 0 Å². The Balaban J connectivity index is 1.62. The first-order chi connectivity index (χ1) is 13.3. The minimum Gasteiger partial charge on any atom is -0.353 e. The van der Waals surface area contributed by atoms with Gasteiger partial charge in [-0.1, -0.05) is 42.5 Å². The summed E-state index contributed by atoms with van der Waals surface area (Å²) in [6, 6.07) is 13.4. The molecule has 0 spiro atoms. The minimum absolute atomic E-state index is 0.168. The van der Waals surface area contributed by atoms with E-state index in [1.807, 2.05) is 30.3 Å². The van der Waals surface area contributed by atoms with Gasteiger partial charge in [0.25, 0.3) is 5.91 Å². The highest BCUT2D eigenvalue weighted by atomic mass is 19.1. The second-order valence-electron chi connectivity index (χ2n) is 6.77. The minimum atomic E-state index is -1.36. The van der Waals surface area contributed by atoms with E-state index < -0.39 is 41.8 Å². The number of hydrogen-bond donors (Lipinski definition) is 3. The van der Waals surface area contributed by atoms with Crippen LogP contribution in [0.15, 0.2) is 54.6 Å². The van der Waals surface area contributed by atoms with E-state index in [9.17, 15) is 18.8 Å². The number of imide groups is 1. The van der Waals surface area contributed by atoms with Gasteiger partial charge in [-0.15, -0.1) is 0 Å². The van der Waals surface area contributed by atoms with Crippen molar-refractivity contribution in [2.45, 2.75) is 18.5 Å². The molecule has 8 heteroatoms. The van der Waals surface area contributed by atoms with Gasteiger partial charge >= 0.3 is 6.03 Å². The van der Waals surface area contributed by atoms with Gasteiger partial charge in [-0.25, -0.2) is 9.18 Å². The number of nitrogens with two attached hydrogens (primary N) is 1. The highest BCUT2D eigenvalue weighted by Gasteiger charge is 2.49. The monoisotopic (exact) mass is 384 g/mol. The van der Waals surface area contributed by atoms with Crippen molar-refractivity contribution in [2.75, 3.05) is 13.1 Å². The quantitative estimate of drug-likeness (QED) is 0.655. The third-order valence-corrected chi connectivity index (χ3v) is 4.75. The average molecular weight is 384 g/mol. The van der Waals surface area contributed by atoms with Crippen molar-refractivity contribution in [3.05, 3.63) is 71.5 Å². The standard InChI is InChI=1S/C20H21FN4O3/c1-20(14-7-9-15(21)10-8-14)18(27)25(19(28)24-20)12-17(26)23-11-16(22)13-5-3-2-4-6-13/h2-10,16H,11-12,22H2,1H3,(H,23,26)(H,24,28). The van der Waals surface area contributed by atoms with Gasteiger partial charge in [0.2, 0.25) is 5.91 Å². The molecular weight excluding hydrogens is 363 g/mol. The summed E-state index contributed by atoms with van der Waals surface area (Å²) in [6.45, 7) is 1.26. The van der Waals surface area contributed by atoms with Crippen LogP contribution in [-0.4, -0.2) is 35.8 Å². The molecule has 146 valence electrons. The molecule has 2 aromatic rings. The molecule has 7 nitrogen and oxygen atoms in total. The third kappa shape index (κ3) is 3.86. The summed E-state index contributed by atoms with van der Waals surface area (Å²) in [7, 11) is 0. The Morgan fingerprint density at radius 2 is 1.82 bits per heavy atom. The highest BCUT2D eigenvalue weighted by molar-refractivity contribution is 6.09. The maximum absolute atomic E-state index is 13.1. The van der Waals surface area contributed by atoms with Gasteiger partial charge in [0, 0.05) is 12.6 Å². The summed E-state index contributed by atoms with van der Waals surface area (Å²) >= 11 is 0. The molecule has 1 saturated heterocycles. The van der Waals surface area contributed by atoms with Crippen LogP contribution in [0.3, 0.4) is 0 Å². The van der Waals surface area contributed by atoms with Crippen LogP contribution < -0.4 is 16.4 Å². The lowest BCUT2D eigenvalue weighted by Gasteiger charge is -2.22. The smallest absolute Gasteiger partial charge is 0.325 e. The molecule has 1 aliphatic rings. The first-order valence-corrected chi connectivity index (χ1v) is 8.78. The fourth-order valence-corrected chi connectivity index (χ4v) is 3.06. The molecule has 4 amide bonds. The Hall–Kier alpha value is -3.26. The number of amides is 4. The number of hydrogen-bond acceptors (Lipinski definition) is 4. The van der Waals surface area contributed by atoms with E-state index in [1.165, 1.54) is 31.2 Å². The molecule has 1 fully saturated rings. The SMILES string of the molecule is CC1(c2ccc(F)cc2)NC(=O)N(CC(=O)NCC(N)c2ccccc2)C1=O. The Kier molecular flexibility index (Phi) is 5.41. The number of urea groups is 1. The third-order valence-electron chi connectivity index (χ3n) is 4.75. The molecule has 28 heavy (non-hydrogen) atoms. The van der Waals surface area contributed by atoms with Gasteiger partial charge in [0.05, 0.1) is 0 Å². The van der Waals surface area contributed by atoms with Crippen LogP contribution in [0.5, 0.6) is 0 Å². The van der Waals surface area contributed by atoms with E-state index >= 15 is 0 Å². The van der Waals surface area contributed by atoms with Crippen LogP contribution >= 0.6 is 0 Å². The largest absolute Gasteiger partial charge is 0.353 e. The van der Waals surface area contributed by atoms with E-state index in [0.717, 1.165) is 10.5 Å². The fourth-order valence-electron chi connectivity index (χ4n) is 3.06. The molecule has 2 unspecified atom stereocenters. The zero-order valence-corrected chi connectivity index (χ0v) is 15.3. The molecular formula is C20H21FN4O3. The van der Waals surface area contributed by atoms with Gasteiger partial charge in [0.15, 0.2) is 0 Å². The van der Waals surface area contributed by atoms with Gasteiger partial charge in [-0.3, -0.25) is 14.5 Å². The summed E-state index contributed by atoms with van der Waals surface area (Å²) in [4.78, 5) is 38.1. The number of nitrogens with one attached hydrogen (secondary N) is 2. The predicted molar refractivity (Wildman–Crippen MR) is 100 cm³/mol.